The molecule has 2 heterocycles. The third-order valence-corrected chi connectivity index (χ3v) is 5.67. The van der Waals surface area contributed by atoms with Crippen LogP contribution < -0.4 is 5.32 Å². The van der Waals surface area contributed by atoms with E-state index in [1.807, 2.05) is 6.92 Å². The first-order valence-electron chi connectivity index (χ1n) is 7.31. The average Bonchev–Trinajstić information content (AvgIpc) is 2.95. The van der Waals surface area contributed by atoms with Crippen LogP contribution in [0.15, 0.2) is 21.6 Å². The van der Waals surface area contributed by atoms with Crippen molar-refractivity contribution in [2.24, 2.45) is 5.92 Å². The van der Waals surface area contributed by atoms with Gasteiger partial charge in [0.05, 0.1) is 12.6 Å². The molecule has 1 aliphatic heterocycles. The summed E-state index contributed by atoms with van der Waals surface area (Å²) in [6, 6.07) is 3.23. The van der Waals surface area contributed by atoms with E-state index in [0.29, 0.717) is 31.3 Å². The lowest BCUT2D eigenvalue weighted by molar-refractivity contribution is 0.0180. The Morgan fingerprint density at radius 3 is 2.90 bits per heavy atom. The fraction of sp³-hybridized carbons (Fsp3) is 0.714. The van der Waals surface area contributed by atoms with Gasteiger partial charge in [-0.2, -0.15) is 4.31 Å². The van der Waals surface area contributed by atoms with Gasteiger partial charge in [0.1, 0.15) is 5.76 Å². The van der Waals surface area contributed by atoms with E-state index in [-0.39, 0.29) is 11.2 Å². The van der Waals surface area contributed by atoms with Crippen molar-refractivity contribution in [3.8, 4) is 0 Å². The largest absolute Gasteiger partial charge is 0.447 e. The van der Waals surface area contributed by atoms with Gasteiger partial charge >= 0.3 is 0 Å². The Balaban J connectivity index is 2.12. The van der Waals surface area contributed by atoms with Gasteiger partial charge in [0.25, 0.3) is 10.0 Å². The summed E-state index contributed by atoms with van der Waals surface area (Å²) in [5, 5.41) is 3.12. The molecule has 1 fully saturated rings. The second kappa shape index (κ2) is 6.91. The van der Waals surface area contributed by atoms with E-state index in [4.69, 9.17) is 9.15 Å². The molecule has 1 saturated heterocycles. The van der Waals surface area contributed by atoms with E-state index in [2.05, 4.69) is 12.2 Å². The molecule has 6 nitrogen and oxygen atoms in total. The number of furan rings is 1. The first-order chi connectivity index (χ1) is 9.98. The Hall–Kier alpha value is -0.890. The summed E-state index contributed by atoms with van der Waals surface area (Å²) >= 11 is 0. The molecule has 1 aromatic heterocycles. The summed E-state index contributed by atoms with van der Waals surface area (Å²) in [6.07, 6.45) is 0.729. The predicted octanol–water partition coefficient (Wildman–Crippen LogP) is 1.43. The zero-order chi connectivity index (χ0) is 15.5. The van der Waals surface area contributed by atoms with Crippen molar-refractivity contribution >= 4 is 10.0 Å². The average molecular weight is 316 g/mol. The van der Waals surface area contributed by atoms with Gasteiger partial charge in [-0.1, -0.05) is 13.8 Å². The van der Waals surface area contributed by atoms with Gasteiger partial charge in [-0.05, 0) is 31.0 Å². The lowest BCUT2D eigenvalue weighted by Gasteiger charge is -2.34. The van der Waals surface area contributed by atoms with E-state index in [0.717, 1.165) is 13.0 Å². The van der Waals surface area contributed by atoms with Gasteiger partial charge in [-0.25, -0.2) is 8.42 Å². The number of rotatable bonds is 6. The Labute approximate surface area is 126 Å². The third-order valence-electron chi connectivity index (χ3n) is 3.94. The quantitative estimate of drug-likeness (QED) is 0.860. The highest BCUT2D eigenvalue weighted by Crippen LogP contribution is 2.26. The fourth-order valence-corrected chi connectivity index (χ4v) is 3.89. The number of hydrogen-bond acceptors (Lipinski definition) is 5. The van der Waals surface area contributed by atoms with Crippen LogP contribution in [0.1, 0.15) is 26.0 Å². The van der Waals surface area contributed by atoms with Gasteiger partial charge in [-0.15, -0.1) is 0 Å². The molecule has 1 N–H and O–H groups in total. The van der Waals surface area contributed by atoms with Crippen molar-refractivity contribution in [3.63, 3.8) is 0 Å². The molecule has 7 heteroatoms. The van der Waals surface area contributed by atoms with Gasteiger partial charge < -0.3 is 14.5 Å². The van der Waals surface area contributed by atoms with Crippen molar-refractivity contribution in [1.29, 1.82) is 0 Å². The smallest absolute Gasteiger partial charge is 0.276 e. The zero-order valence-electron chi connectivity index (χ0n) is 12.8. The molecule has 120 valence electrons. The van der Waals surface area contributed by atoms with Crippen LogP contribution in [0.5, 0.6) is 0 Å². The molecule has 0 aromatic carbocycles. The Morgan fingerprint density at radius 2 is 2.24 bits per heavy atom. The molecule has 21 heavy (non-hydrogen) atoms. The number of sulfonamides is 1. The molecular formula is C14H24N2O4S. The highest BCUT2D eigenvalue weighted by Gasteiger charge is 2.35. The first-order valence-corrected chi connectivity index (χ1v) is 8.75. The summed E-state index contributed by atoms with van der Waals surface area (Å²) in [6.45, 7) is 6.29. The van der Waals surface area contributed by atoms with Gasteiger partial charge in [0.15, 0.2) is 0 Å². The number of nitrogens with one attached hydrogen (secondary N) is 1. The predicted molar refractivity (Wildman–Crippen MR) is 79.4 cm³/mol. The molecule has 1 aromatic rings. The van der Waals surface area contributed by atoms with Crippen molar-refractivity contribution in [2.45, 2.75) is 38.0 Å². The lowest BCUT2D eigenvalue weighted by atomic mass is 9.97. The van der Waals surface area contributed by atoms with Gasteiger partial charge in [0, 0.05) is 20.2 Å². The molecule has 0 aliphatic carbocycles. The molecular weight excluding hydrogens is 292 g/mol. The van der Waals surface area contributed by atoms with E-state index >= 15 is 0 Å². The highest BCUT2D eigenvalue weighted by molar-refractivity contribution is 7.89. The normalized spacial score (nSPS) is 24.3. The van der Waals surface area contributed by atoms with Gasteiger partial charge in [0.2, 0.25) is 5.09 Å². The molecule has 0 saturated carbocycles. The SMILES string of the molecule is CCNCc1ccc(S(=O)(=O)N2CCC(C)C(OC)C2)o1. The molecule has 1 aliphatic rings. The minimum atomic E-state index is -3.57. The van der Waals surface area contributed by atoms with E-state index in [9.17, 15) is 8.42 Å². The Kier molecular flexibility index (Phi) is 5.43. The second-order valence-corrected chi connectivity index (χ2v) is 7.27. The van der Waals surface area contributed by atoms with Crippen molar-refractivity contribution in [2.75, 3.05) is 26.7 Å². The number of nitrogens with zero attached hydrogens (tertiary/aromatic N) is 1. The molecule has 0 radical (unpaired) electrons. The van der Waals surface area contributed by atoms with Crippen LogP contribution in [0, 0.1) is 5.92 Å². The molecule has 2 unspecified atom stereocenters. The number of methoxy groups -OCH3 is 1. The third kappa shape index (κ3) is 3.66. The van der Waals surface area contributed by atoms with Crippen LogP contribution >= 0.6 is 0 Å². The molecule has 2 rings (SSSR count). The van der Waals surface area contributed by atoms with Crippen LogP contribution in [0.25, 0.3) is 0 Å². The van der Waals surface area contributed by atoms with Crippen LogP contribution in [-0.4, -0.2) is 45.6 Å². The second-order valence-electron chi connectivity index (χ2n) is 5.40. The van der Waals surface area contributed by atoms with Crippen molar-refractivity contribution in [1.82, 2.24) is 9.62 Å². The van der Waals surface area contributed by atoms with Crippen LogP contribution in [-0.2, 0) is 21.3 Å². The summed E-state index contributed by atoms with van der Waals surface area (Å²) < 4.78 is 37.5. The molecule has 0 spiro atoms. The standard InChI is InChI=1S/C14H24N2O4S/c1-4-15-9-12-5-6-14(20-12)21(17,18)16-8-7-11(2)13(10-16)19-3/h5-6,11,13,15H,4,7-10H2,1-3H3. The summed E-state index contributed by atoms with van der Waals surface area (Å²) in [5.74, 6) is 0.992. The summed E-state index contributed by atoms with van der Waals surface area (Å²) in [7, 11) is -1.95. The maximum atomic E-state index is 12.6. The number of piperidine rings is 1. The van der Waals surface area contributed by atoms with Gasteiger partial charge in [-0.3, -0.25) is 0 Å². The number of ether oxygens (including phenoxy) is 1. The van der Waals surface area contributed by atoms with Crippen molar-refractivity contribution in [3.05, 3.63) is 17.9 Å². The summed E-state index contributed by atoms with van der Waals surface area (Å²) in [5.41, 5.74) is 0. The first kappa shape index (κ1) is 16.5. The van der Waals surface area contributed by atoms with Crippen LogP contribution in [0.4, 0.5) is 0 Å². The van der Waals surface area contributed by atoms with E-state index < -0.39 is 10.0 Å². The van der Waals surface area contributed by atoms with E-state index in [1.54, 1.807) is 13.2 Å². The fourth-order valence-electron chi connectivity index (χ4n) is 2.50. The topological polar surface area (TPSA) is 71.8 Å². The maximum absolute atomic E-state index is 12.6. The van der Waals surface area contributed by atoms with Crippen LogP contribution in [0.3, 0.4) is 0 Å². The summed E-state index contributed by atoms with van der Waals surface area (Å²) in [4.78, 5) is 0. The maximum Gasteiger partial charge on any atom is 0.276 e. The Bertz CT molecular complexity index is 555. The molecule has 2 atom stereocenters. The van der Waals surface area contributed by atoms with Crippen molar-refractivity contribution < 1.29 is 17.6 Å². The minimum Gasteiger partial charge on any atom is -0.447 e. The van der Waals surface area contributed by atoms with Crippen LogP contribution in [0.2, 0.25) is 0 Å². The lowest BCUT2D eigenvalue weighted by Crippen LogP contribution is -2.46. The monoisotopic (exact) mass is 316 g/mol. The van der Waals surface area contributed by atoms with E-state index in [1.165, 1.54) is 10.4 Å². The molecule has 0 bridgehead atoms. The zero-order valence-corrected chi connectivity index (χ0v) is 13.6. The molecule has 0 amide bonds. The Morgan fingerprint density at radius 1 is 1.48 bits per heavy atom. The number of hydrogen-bond donors (Lipinski definition) is 1. The highest BCUT2D eigenvalue weighted by atomic mass is 32.2. The minimum absolute atomic E-state index is 0.0137.